The lowest BCUT2D eigenvalue weighted by Gasteiger charge is -2.21. The standard InChI is InChI=1S/C38H42Si2/c1-7-39(8-2,9-3)23-21-35-33-19-15-16-20-34(33)36(22-24-40(10-4,11-5)12-6)38-28-32-26-30-18-14-13-17-29(30)25-31(32)27-37(35)38/h13-20,25-28H,7-12H2,1-6H3. The fourth-order valence-corrected chi connectivity index (χ4v) is 11.1. The van der Waals surface area contributed by atoms with Crippen molar-refractivity contribution in [3.63, 3.8) is 0 Å². The summed E-state index contributed by atoms with van der Waals surface area (Å²) >= 11 is 0. The molecule has 5 rings (SSSR count). The van der Waals surface area contributed by atoms with Crippen LogP contribution in [0.15, 0.2) is 72.8 Å². The van der Waals surface area contributed by atoms with Crippen LogP contribution < -0.4 is 0 Å². The van der Waals surface area contributed by atoms with Gasteiger partial charge in [-0.15, -0.1) is 11.1 Å². The molecule has 0 heterocycles. The predicted molar refractivity (Wildman–Crippen MR) is 185 cm³/mol. The van der Waals surface area contributed by atoms with Gasteiger partial charge < -0.3 is 0 Å². The van der Waals surface area contributed by atoms with E-state index in [1.54, 1.807) is 0 Å². The molecule has 0 aliphatic carbocycles. The molecule has 0 saturated heterocycles. The summed E-state index contributed by atoms with van der Waals surface area (Å²) < 4.78 is 0. The van der Waals surface area contributed by atoms with Gasteiger partial charge in [0.1, 0.15) is 16.1 Å². The molecule has 0 bridgehead atoms. The molecule has 0 aliphatic rings. The lowest BCUT2D eigenvalue weighted by Crippen LogP contribution is -2.29. The van der Waals surface area contributed by atoms with Crippen molar-refractivity contribution in [1.29, 1.82) is 0 Å². The normalized spacial score (nSPS) is 11.9. The van der Waals surface area contributed by atoms with Crippen LogP contribution in [0.5, 0.6) is 0 Å². The number of hydrogen-bond donors (Lipinski definition) is 0. The summed E-state index contributed by atoms with van der Waals surface area (Å²) in [5.74, 6) is 7.66. The zero-order valence-electron chi connectivity index (χ0n) is 25.2. The van der Waals surface area contributed by atoms with Gasteiger partial charge in [0.15, 0.2) is 0 Å². The van der Waals surface area contributed by atoms with Crippen molar-refractivity contribution >= 4 is 59.2 Å². The largest absolute Gasteiger partial charge is 0.138 e. The van der Waals surface area contributed by atoms with Crippen LogP contribution in [0.1, 0.15) is 52.7 Å². The summed E-state index contributed by atoms with van der Waals surface area (Å²) in [4.78, 5) is 0. The summed E-state index contributed by atoms with van der Waals surface area (Å²) in [5.41, 5.74) is 10.2. The van der Waals surface area contributed by atoms with Gasteiger partial charge in [-0.25, -0.2) is 0 Å². The minimum atomic E-state index is -1.62. The number of hydrogen-bond acceptors (Lipinski definition) is 0. The Kier molecular flexibility index (Phi) is 8.23. The van der Waals surface area contributed by atoms with Crippen molar-refractivity contribution in [3.05, 3.63) is 83.9 Å². The van der Waals surface area contributed by atoms with Gasteiger partial charge in [-0.05, 0) is 104 Å². The lowest BCUT2D eigenvalue weighted by atomic mass is 9.90. The van der Waals surface area contributed by atoms with Crippen molar-refractivity contribution in [3.8, 4) is 22.9 Å². The average molecular weight is 555 g/mol. The van der Waals surface area contributed by atoms with E-state index in [-0.39, 0.29) is 0 Å². The predicted octanol–water partition coefficient (Wildman–Crippen LogP) is 11.1. The Balaban J connectivity index is 1.94. The first kappa shape index (κ1) is 28.2. The third kappa shape index (κ3) is 5.01. The van der Waals surface area contributed by atoms with Crippen LogP contribution in [0, 0.1) is 22.9 Å². The maximum absolute atomic E-state index is 3.92. The highest BCUT2D eigenvalue weighted by atomic mass is 28.3. The topological polar surface area (TPSA) is 0 Å². The molecule has 0 nitrogen and oxygen atoms in total. The number of benzene rings is 5. The van der Waals surface area contributed by atoms with Crippen LogP contribution in [-0.4, -0.2) is 16.1 Å². The molecule has 0 aliphatic heterocycles. The van der Waals surface area contributed by atoms with Crippen molar-refractivity contribution in [1.82, 2.24) is 0 Å². The van der Waals surface area contributed by atoms with E-state index in [4.69, 9.17) is 0 Å². The smallest absolute Gasteiger partial charge is 0.126 e. The third-order valence-corrected chi connectivity index (χ3v) is 19.2. The minimum absolute atomic E-state index is 1.18. The summed E-state index contributed by atoms with van der Waals surface area (Å²) in [7, 11) is -3.23. The Bertz CT molecular complexity index is 1680. The molecule has 0 N–H and O–H groups in total. The molecular weight excluding hydrogens is 513 g/mol. The Morgan fingerprint density at radius 1 is 0.425 bits per heavy atom. The van der Waals surface area contributed by atoms with Crippen molar-refractivity contribution in [2.24, 2.45) is 0 Å². The Morgan fingerprint density at radius 2 is 0.775 bits per heavy atom. The third-order valence-electron chi connectivity index (χ3n) is 9.81. The Labute approximate surface area is 243 Å². The van der Waals surface area contributed by atoms with Gasteiger partial charge in [-0.3, -0.25) is 0 Å². The van der Waals surface area contributed by atoms with Gasteiger partial charge in [0.25, 0.3) is 0 Å². The van der Waals surface area contributed by atoms with Crippen LogP contribution in [-0.2, 0) is 0 Å². The van der Waals surface area contributed by atoms with Crippen LogP contribution in [0.3, 0.4) is 0 Å². The molecule has 2 heteroatoms. The zero-order valence-corrected chi connectivity index (χ0v) is 27.2. The second-order valence-corrected chi connectivity index (χ2v) is 21.3. The molecule has 0 radical (unpaired) electrons. The molecule has 0 unspecified atom stereocenters. The van der Waals surface area contributed by atoms with Gasteiger partial charge in [0, 0.05) is 11.1 Å². The van der Waals surface area contributed by atoms with Crippen molar-refractivity contribution in [2.45, 2.75) is 77.8 Å². The van der Waals surface area contributed by atoms with Gasteiger partial charge in [0.05, 0.1) is 0 Å². The fourth-order valence-electron chi connectivity index (χ4n) is 6.30. The Hall–Kier alpha value is -3.31. The summed E-state index contributed by atoms with van der Waals surface area (Å²) in [6.07, 6.45) is 0. The van der Waals surface area contributed by atoms with Crippen LogP contribution in [0.25, 0.3) is 43.1 Å². The molecule has 0 aromatic heterocycles. The highest BCUT2D eigenvalue weighted by Gasteiger charge is 2.26. The summed E-state index contributed by atoms with van der Waals surface area (Å²) in [6.45, 7) is 14.0. The summed E-state index contributed by atoms with van der Waals surface area (Å²) in [5, 5.41) is 10.1. The molecule has 0 saturated carbocycles. The minimum Gasteiger partial charge on any atom is -0.126 e. The zero-order chi connectivity index (χ0) is 28.3. The first-order valence-corrected chi connectivity index (χ1v) is 20.6. The highest BCUT2D eigenvalue weighted by Crippen LogP contribution is 2.36. The second-order valence-electron chi connectivity index (χ2n) is 11.4. The second kappa shape index (κ2) is 11.7. The molecular formula is C38H42Si2. The van der Waals surface area contributed by atoms with Crippen molar-refractivity contribution < 1.29 is 0 Å². The Morgan fingerprint density at radius 3 is 1.12 bits per heavy atom. The summed E-state index contributed by atoms with van der Waals surface area (Å²) in [6, 6.07) is 34.3. The van der Waals surface area contributed by atoms with E-state index in [2.05, 4.69) is 137 Å². The van der Waals surface area contributed by atoms with E-state index in [0.29, 0.717) is 0 Å². The van der Waals surface area contributed by atoms with E-state index in [1.165, 1.54) is 90.5 Å². The molecule has 40 heavy (non-hydrogen) atoms. The molecule has 0 fully saturated rings. The molecule has 0 amide bonds. The lowest BCUT2D eigenvalue weighted by molar-refractivity contribution is 1.20. The molecule has 0 spiro atoms. The van der Waals surface area contributed by atoms with E-state index >= 15 is 0 Å². The van der Waals surface area contributed by atoms with Crippen LogP contribution >= 0.6 is 0 Å². The fraction of sp³-hybridized carbons (Fsp3) is 0.316. The van der Waals surface area contributed by atoms with E-state index in [0.717, 1.165) is 0 Å². The van der Waals surface area contributed by atoms with E-state index < -0.39 is 16.1 Å². The highest BCUT2D eigenvalue weighted by molar-refractivity contribution is 6.87. The van der Waals surface area contributed by atoms with Crippen LogP contribution in [0.4, 0.5) is 0 Å². The number of fused-ring (bicyclic) bond motifs is 4. The van der Waals surface area contributed by atoms with Gasteiger partial charge in [-0.2, -0.15) is 0 Å². The quantitative estimate of drug-likeness (QED) is 0.111. The maximum atomic E-state index is 3.92. The first-order valence-electron chi connectivity index (χ1n) is 15.3. The molecule has 0 atom stereocenters. The molecule has 5 aromatic rings. The SMILES string of the molecule is CC[Si](C#Cc1c2ccccc2c(C#C[Si](CC)(CC)CC)c2cc3cc4ccccc4cc3cc12)(CC)CC. The van der Waals surface area contributed by atoms with E-state index in [9.17, 15) is 0 Å². The molecule has 202 valence electrons. The number of rotatable bonds is 6. The van der Waals surface area contributed by atoms with Gasteiger partial charge in [0.2, 0.25) is 0 Å². The maximum Gasteiger partial charge on any atom is 0.138 e. The van der Waals surface area contributed by atoms with Crippen molar-refractivity contribution in [2.75, 3.05) is 0 Å². The van der Waals surface area contributed by atoms with Gasteiger partial charge in [-0.1, -0.05) is 102 Å². The first-order chi connectivity index (χ1) is 19.5. The van der Waals surface area contributed by atoms with Gasteiger partial charge >= 0.3 is 0 Å². The molecule has 5 aromatic carbocycles. The average Bonchev–Trinajstić information content (AvgIpc) is 3.01. The van der Waals surface area contributed by atoms with E-state index in [1.807, 2.05) is 0 Å². The van der Waals surface area contributed by atoms with Crippen LogP contribution in [0.2, 0.25) is 36.3 Å². The monoisotopic (exact) mass is 554 g/mol.